The number of aromatic nitrogens is 1. The second-order valence-electron chi connectivity index (χ2n) is 3.20. The van der Waals surface area contributed by atoms with E-state index in [4.69, 9.17) is 10.8 Å². The van der Waals surface area contributed by atoms with Crippen LogP contribution < -0.4 is 5.73 Å². The number of nitrogens with zero attached hydrogens (tertiary/aromatic N) is 1. The third kappa shape index (κ3) is 2.79. The Hall–Kier alpha value is -1.37. The molecule has 0 aliphatic rings. The number of pyridine rings is 1. The van der Waals surface area contributed by atoms with Crippen molar-refractivity contribution in [3.05, 3.63) is 17.8 Å². The quantitative estimate of drug-likeness (QED) is 0.445. The SMILES string of the molecule is Nc1ncc(C(O)C(O)CCO)cc1O. The van der Waals surface area contributed by atoms with Gasteiger partial charge in [0.15, 0.2) is 11.6 Å². The average Bonchev–Trinajstić information content (AvgIpc) is 2.21. The fourth-order valence-electron chi connectivity index (χ4n) is 1.15. The molecule has 0 fully saturated rings. The van der Waals surface area contributed by atoms with Gasteiger partial charge in [-0.3, -0.25) is 0 Å². The van der Waals surface area contributed by atoms with Gasteiger partial charge in [0.05, 0.1) is 6.10 Å². The van der Waals surface area contributed by atoms with Gasteiger partial charge in [0, 0.05) is 18.4 Å². The van der Waals surface area contributed by atoms with Gasteiger partial charge in [-0.05, 0) is 12.5 Å². The summed E-state index contributed by atoms with van der Waals surface area (Å²) in [5, 5.41) is 36.8. The van der Waals surface area contributed by atoms with Crippen LogP contribution in [0.1, 0.15) is 18.1 Å². The Morgan fingerprint density at radius 2 is 2.07 bits per heavy atom. The predicted octanol–water partition coefficient (Wildman–Crippen LogP) is -0.854. The number of hydrogen-bond donors (Lipinski definition) is 5. The molecule has 6 nitrogen and oxygen atoms in total. The number of hydrogen-bond acceptors (Lipinski definition) is 6. The van der Waals surface area contributed by atoms with Crippen molar-refractivity contribution in [2.75, 3.05) is 12.3 Å². The summed E-state index contributed by atoms with van der Waals surface area (Å²) in [6, 6.07) is 1.23. The van der Waals surface area contributed by atoms with Gasteiger partial charge in [-0.1, -0.05) is 0 Å². The molecule has 2 unspecified atom stereocenters. The fraction of sp³-hybridized carbons (Fsp3) is 0.444. The monoisotopic (exact) mass is 214 g/mol. The Morgan fingerprint density at radius 3 is 2.60 bits per heavy atom. The summed E-state index contributed by atoms with van der Waals surface area (Å²) in [7, 11) is 0. The maximum absolute atomic E-state index is 9.58. The zero-order valence-corrected chi connectivity index (χ0v) is 8.04. The molecule has 0 saturated carbocycles. The standard InChI is InChI=1S/C9H14N2O4/c10-9-7(14)3-5(4-11-9)8(15)6(13)1-2-12/h3-4,6,8,12-15H,1-2H2,(H2,10,11). The molecule has 0 amide bonds. The van der Waals surface area contributed by atoms with E-state index < -0.39 is 12.2 Å². The lowest BCUT2D eigenvalue weighted by Crippen LogP contribution is -2.19. The van der Waals surface area contributed by atoms with Gasteiger partial charge >= 0.3 is 0 Å². The summed E-state index contributed by atoms with van der Waals surface area (Å²) in [6.45, 7) is -0.230. The van der Waals surface area contributed by atoms with Crippen LogP contribution in [0.15, 0.2) is 12.3 Å². The molecule has 0 aliphatic carbocycles. The van der Waals surface area contributed by atoms with Gasteiger partial charge in [0.1, 0.15) is 6.10 Å². The van der Waals surface area contributed by atoms with Crippen LogP contribution in [0.5, 0.6) is 5.75 Å². The summed E-state index contributed by atoms with van der Waals surface area (Å²) >= 11 is 0. The molecule has 6 heteroatoms. The van der Waals surface area contributed by atoms with Gasteiger partial charge in [-0.2, -0.15) is 0 Å². The topological polar surface area (TPSA) is 120 Å². The molecule has 15 heavy (non-hydrogen) atoms. The largest absolute Gasteiger partial charge is 0.504 e. The first-order valence-corrected chi connectivity index (χ1v) is 4.47. The Bertz CT molecular complexity index is 332. The van der Waals surface area contributed by atoms with Crippen molar-refractivity contribution >= 4 is 5.82 Å². The lowest BCUT2D eigenvalue weighted by atomic mass is 10.0. The molecule has 0 aliphatic heterocycles. The van der Waals surface area contributed by atoms with E-state index in [1.54, 1.807) is 0 Å². The van der Waals surface area contributed by atoms with Gasteiger partial charge in [0.2, 0.25) is 0 Å². The molecule has 84 valence electrons. The number of anilines is 1. The summed E-state index contributed by atoms with van der Waals surface area (Å²) in [6.07, 6.45) is -0.983. The normalized spacial score (nSPS) is 14.9. The Labute approximate surface area is 86.6 Å². The van der Waals surface area contributed by atoms with E-state index in [9.17, 15) is 15.3 Å². The molecular weight excluding hydrogens is 200 g/mol. The van der Waals surface area contributed by atoms with Crippen LogP contribution in [0, 0.1) is 0 Å². The highest BCUT2D eigenvalue weighted by Gasteiger charge is 2.19. The number of aromatic hydroxyl groups is 1. The van der Waals surface area contributed by atoms with E-state index in [1.807, 2.05) is 0 Å². The first-order valence-electron chi connectivity index (χ1n) is 4.47. The van der Waals surface area contributed by atoms with Crippen molar-refractivity contribution in [2.45, 2.75) is 18.6 Å². The molecule has 0 spiro atoms. The van der Waals surface area contributed by atoms with Gasteiger partial charge < -0.3 is 26.2 Å². The fourth-order valence-corrected chi connectivity index (χ4v) is 1.15. The summed E-state index contributed by atoms with van der Waals surface area (Å²) in [5.41, 5.74) is 5.53. The van der Waals surface area contributed by atoms with Crippen LogP contribution in [0.3, 0.4) is 0 Å². The Balaban J connectivity index is 2.81. The average molecular weight is 214 g/mol. The molecule has 1 aromatic heterocycles. The summed E-state index contributed by atoms with van der Waals surface area (Å²) < 4.78 is 0. The highest BCUT2D eigenvalue weighted by Crippen LogP contribution is 2.24. The smallest absolute Gasteiger partial charge is 0.165 e. The molecule has 1 heterocycles. The van der Waals surface area contributed by atoms with Crippen molar-refractivity contribution in [1.82, 2.24) is 4.98 Å². The number of nitrogen functional groups attached to an aromatic ring is 1. The van der Waals surface area contributed by atoms with Crippen molar-refractivity contribution < 1.29 is 20.4 Å². The van der Waals surface area contributed by atoms with E-state index >= 15 is 0 Å². The number of nitrogens with two attached hydrogens (primary N) is 1. The van der Waals surface area contributed by atoms with Crippen LogP contribution in [-0.4, -0.2) is 38.1 Å². The molecule has 6 N–H and O–H groups in total. The van der Waals surface area contributed by atoms with Gasteiger partial charge in [-0.25, -0.2) is 4.98 Å². The summed E-state index contributed by atoms with van der Waals surface area (Å²) in [5.74, 6) is -0.287. The maximum atomic E-state index is 9.58. The van der Waals surface area contributed by atoms with Crippen molar-refractivity contribution in [3.63, 3.8) is 0 Å². The van der Waals surface area contributed by atoms with E-state index in [2.05, 4.69) is 4.98 Å². The molecular formula is C9H14N2O4. The number of aliphatic hydroxyl groups is 3. The highest BCUT2D eigenvalue weighted by molar-refractivity contribution is 5.46. The third-order valence-corrected chi connectivity index (χ3v) is 2.05. The number of rotatable bonds is 4. The molecule has 0 radical (unpaired) electrons. The first kappa shape index (κ1) is 11.7. The minimum Gasteiger partial charge on any atom is -0.504 e. The number of aliphatic hydroxyl groups excluding tert-OH is 3. The van der Waals surface area contributed by atoms with Crippen molar-refractivity contribution in [1.29, 1.82) is 0 Å². The van der Waals surface area contributed by atoms with Crippen LogP contribution >= 0.6 is 0 Å². The third-order valence-electron chi connectivity index (χ3n) is 2.05. The second kappa shape index (κ2) is 4.92. The lowest BCUT2D eigenvalue weighted by Gasteiger charge is -2.17. The molecule has 0 saturated heterocycles. The van der Waals surface area contributed by atoms with E-state index in [0.717, 1.165) is 0 Å². The lowest BCUT2D eigenvalue weighted by molar-refractivity contribution is 0.00396. The van der Waals surface area contributed by atoms with Gasteiger partial charge in [0.25, 0.3) is 0 Å². The van der Waals surface area contributed by atoms with E-state index in [-0.39, 0.29) is 30.2 Å². The Kier molecular flexibility index (Phi) is 3.84. The summed E-state index contributed by atoms with van der Waals surface area (Å²) in [4.78, 5) is 3.64. The van der Waals surface area contributed by atoms with Crippen LogP contribution in [-0.2, 0) is 0 Å². The molecule has 1 aromatic rings. The molecule has 0 bridgehead atoms. The molecule has 0 aromatic carbocycles. The van der Waals surface area contributed by atoms with Crippen molar-refractivity contribution in [3.8, 4) is 5.75 Å². The first-order chi connectivity index (χ1) is 7.06. The zero-order valence-electron chi connectivity index (χ0n) is 8.04. The van der Waals surface area contributed by atoms with Crippen LogP contribution in [0.2, 0.25) is 0 Å². The van der Waals surface area contributed by atoms with E-state index in [1.165, 1.54) is 12.3 Å². The molecule has 1 rings (SSSR count). The maximum Gasteiger partial charge on any atom is 0.165 e. The Morgan fingerprint density at radius 1 is 1.40 bits per heavy atom. The second-order valence-corrected chi connectivity index (χ2v) is 3.20. The highest BCUT2D eigenvalue weighted by atomic mass is 16.3. The zero-order chi connectivity index (χ0) is 11.4. The van der Waals surface area contributed by atoms with Crippen molar-refractivity contribution in [2.24, 2.45) is 0 Å². The van der Waals surface area contributed by atoms with Crippen LogP contribution in [0.4, 0.5) is 5.82 Å². The minimum atomic E-state index is -1.20. The van der Waals surface area contributed by atoms with Gasteiger partial charge in [-0.15, -0.1) is 0 Å². The predicted molar refractivity (Wildman–Crippen MR) is 53.0 cm³/mol. The molecule has 2 atom stereocenters. The van der Waals surface area contributed by atoms with Crippen LogP contribution in [0.25, 0.3) is 0 Å². The van der Waals surface area contributed by atoms with E-state index in [0.29, 0.717) is 0 Å². The minimum absolute atomic E-state index is 0.0393.